The first kappa shape index (κ1) is 12.3. The van der Waals surface area contributed by atoms with Gasteiger partial charge in [-0.1, -0.05) is 19.8 Å². The van der Waals surface area contributed by atoms with E-state index >= 15 is 0 Å². The van der Waals surface area contributed by atoms with Gasteiger partial charge in [-0.3, -0.25) is 4.79 Å². The van der Waals surface area contributed by atoms with Gasteiger partial charge >= 0.3 is 0 Å². The van der Waals surface area contributed by atoms with Crippen LogP contribution in [-0.2, 0) is 4.79 Å². The van der Waals surface area contributed by atoms with Gasteiger partial charge in [0, 0.05) is 5.41 Å². The van der Waals surface area contributed by atoms with Crippen molar-refractivity contribution in [3.63, 3.8) is 0 Å². The molecule has 0 aromatic rings. The Balaban J connectivity index is 1.92. The number of ketones is 1. The van der Waals surface area contributed by atoms with E-state index in [1.54, 1.807) is 0 Å². The van der Waals surface area contributed by atoms with Crippen molar-refractivity contribution in [2.75, 3.05) is 0 Å². The minimum atomic E-state index is -0.00718. The number of hydrogen-bond acceptors (Lipinski definition) is 1. The zero-order valence-electron chi connectivity index (χ0n) is 11.9. The molecule has 0 aromatic heterocycles. The molecule has 4 fully saturated rings. The van der Waals surface area contributed by atoms with E-state index in [1.807, 2.05) is 6.92 Å². The highest BCUT2D eigenvalue weighted by Crippen LogP contribution is 2.69. The van der Waals surface area contributed by atoms with Crippen molar-refractivity contribution in [1.82, 2.24) is 0 Å². The van der Waals surface area contributed by atoms with Crippen LogP contribution in [0.3, 0.4) is 0 Å². The Bertz CT molecular complexity index is 432. The van der Waals surface area contributed by atoms with Gasteiger partial charge in [0.25, 0.3) is 0 Å². The zero-order chi connectivity index (χ0) is 13.0. The molecule has 0 aromatic carbocycles. The average molecular weight is 244 g/mol. The third-order valence-electron chi connectivity index (χ3n) is 5.64. The second kappa shape index (κ2) is 3.62. The molecule has 0 radical (unpaired) electrons. The Morgan fingerprint density at radius 1 is 1.11 bits per heavy atom. The molecule has 4 aliphatic carbocycles. The SMILES string of the molecule is CC#CCC(=O)C12CC3CC(C)(CC(C)(C3)C1)C2. The van der Waals surface area contributed by atoms with Crippen molar-refractivity contribution >= 4 is 5.78 Å². The zero-order valence-corrected chi connectivity index (χ0v) is 11.9. The summed E-state index contributed by atoms with van der Waals surface area (Å²) in [6.07, 6.45) is 7.96. The molecule has 0 N–H and O–H groups in total. The van der Waals surface area contributed by atoms with Gasteiger partial charge in [0.15, 0.2) is 5.78 Å². The largest absolute Gasteiger partial charge is 0.298 e. The molecule has 98 valence electrons. The van der Waals surface area contributed by atoms with E-state index in [0.717, 1.165) is 25.2 Å². The molecular weight excluding hydrogens is 220 g/mol. The van der Waals surface area contributed by atoms with Crippen LogP contribution in [0.25, 0.3) is 0 Å². The van der Waals surface area contributed by atoms with Crippen LogP contribution in [0.5, 0.6) is 0 Å². The van der Waals surface area contributed by atoms with Crippen LogP contribution >= 0.6 is 0 Å². The van der Waals surface area contributed by atoms with Crippen molar-refractivity contribution in [1.29, 1.82) is 0 Å². The maximum atomic E-state index is 12.6. The number of Topliss-reactive ketones (excluding diaryl/α,β-unsaturated/α-hetero) is 1. The molecule has 2 unspecified atom stereocenters. The predicted molar refractivity (Wildman–Crippen MR) is 72.9 cm³/mol. The molecule has 18 heavy (non-hydrogen) atoms. The molecule has 4 aliphatic rings. The first-order chi connectivity index (χ1) is 8.39. The Kier molecular flexibility index (Phi) is 2.47. The van der Waals surface area contributed by atoms with Crippen LogP contribution in [0, 0.1) is 34.0 Å². The van der Waals surface area contributed by atoms with E-state index in [2.05, 4.69) is 25.7 Å². The molecule has 1 nitrogen and oxygen atoms in total. The average Bonchev–Trinajstić information content (AvgIpc) is 2.20. The van der Waals surface area contributed by atoms with Gasteiger partial charge in [0.2, 0.25) is 0 Å². The Morgan fingerprint density at radius 2 is 1.72 bits per heavy atom. The van der Waals surface area contributed by atoms with Crippen molar-refractivity contribution in [3.8, 4) is 11.8 Å². The van der Waals surface area contributed by atoms with Crippen molar-refractivity contribution in [2.45, 2.75) is 65.7 Å². The summed E-state index contributed by atoms with van der Waals surface area (Å²) in [5.74, 6) is 7.12. The fraction of sp³-hybridized carbons (Fsp3) is 0.824. The molecule has 0 spiro atoms. The van der Waals surface area contributed by atoms with Gasteiger partial charge in [-0.25, -0.2) is 0 Å². The molecular formula is C17H24O. The predicted octanol–water partition coefficient (Wildman–Crippen LogP) is 3.97. The van der Waals surface area contributed by atoms with E-state index in [0.29, 0.717) is 23.0 Å². The summed E-state index contributed by atoms with van der Waals surface area (Å²) in [6, 6.07) is 0. The highest BCUT2D eigenvalue weighted by Gasteiger charge is 2.62. The maximum absolute atomic E-state index is 12.6. The van der Waals surface area contributed by atoms with E-state index in [1.165, 1.54) is 19.3 Å². The number of hydrogen-bond donors (Lipinski definition) is 0. The van der Waals surface area contributed by atoms with Crippen LogP contribution in [0.15, 0.2) is 0 Å². The third kappa shape index (κ3) is 1.73. The monoisotopic (exact) mass is 244 g/mol. The van der Waals surface area contributed by atoms with Crippen LogP contribution < -0.4 is 0 Å². The fourth-order valence-electron chi connectivity index (χ4n) is 6.11. The summed E-state index contributed by atoms with van der Waals surface area (Å²) in [6.45, 7) is 6.67. The lowest BCUT2D eigenvalue weighted by atomic mass is 9.39. The topological polar surface area (TPSA) is 17.1 Å². The van der Waals surface area contributed by atoms with Crippen LogP contribution in [-0.4, -0.2) is 5.78 Å². The normalized spacial score (nSPS) is 48.7. The van der Waals surface area contributed by atoms with Crippen molar-refractivity contribution < 1.29 is 4.79 Å². The first-order valence-corrected chi connectivity index (χ1v) is 7.32. The lowest BCUT2D eigenvalue weighted by Crippen LogP contribution is -2.57. The highest BCUT2D eigenvalue weighted by molar-refractivity contribution is 5.87. The lowest BCUT2D eigenvalue weighted by molar-refractivity contribution is -0.167. The summed E-state index contributed by atoms with van der Waals surface area (Å²) < 4.78 is 0. The smallest absolute Gasteiger partial charge is 0.150 e. The molecule has 4 saturated carbocycles. The molecule has 0 amide bonds. The molecule has 4 rings (SSSR count). The molecule has 0 saturated heterocycles. The van der Waals surface area contributed by atoms with Gasteiger partial charge in [0.05, 0.1) is 6.42 Å². The Labute approximate surface area is 111 Å². The summed E-state index contributed by atoms with van der Waals surface area (Å²) in [5, 5.41) is 0. The molecule has 2 atom stereocenters. The maximum Gasteiger partial charge on any atom is 0.150 e. The van der Waals surface area contributed by atoms with Crippen molar-refractivity contribution in [2.24, 2.45) is 22.2 Å². The third-order valence-corrected chi connectivity index (χ3v) is 5.64. The summed E-state index contributed by atoms with van der Waals surface area (Å²) in [7, 11) is 0. The standard InChI is InChI=1S/C17H24O/c1-4-5-6-14(18)17-9-13-7-15(2,11-17)10-16(3,8-13)12-17/h13H,6-12H2,1-3H3. The first-order valence-electron chi connectivity index (χ1n) is 7.32. The van der Waals surface area contributed by atoms with Gasteiger partial charge in [-0.05, 0) is 62.2 Å². The van der Waals surface area contributed by atoms with Crippen LogP contribution in [0.1, 0.15) is 65.7 Å². The molecule has 0 heterocycles. The summed E-state index contributed by atoms with van der Waals surface area (Å²) >= 11 is 0. The van der Waals surface area contributed by atoms with Gasteiger partial charge in [0.1, 0.15) is 0 Å². The van der Waals surface area contributed by atoms with Crippen LogP contribution in [0.4, 0.5) is 0 Å². The number of carbonyl (C=O) groups excluding carboxylic acids is 1. The highest BCUT2D eigenvalue weighted by atomic mass is 16.1. The second-order valence-electron chi connectivity index (χ2n) is 7.94. The molecule has 0 aliphatic heterocycles. The minimum Gasteiger partial charge on any atom is -0.298 e. The number of rotatable bonds is 2. The van der Waals surface area contributed by atoms with E-state index in [-0.39, 0.29) is 5.41 Å². The lowest BCUT2D eigenvalue weighted by Gasteiger charge is -2.64. The van der Waals surface area contributed by atoms with E-state index in [9.17, 15) is 4.79 Å². The van der Waals surface area contributed by atoms with E-state index in [4.69, 9.17) is 0 Å². The Hall–Kier alpha value is -0.770. The van der Waals surface area contributed by atoms with Gasteiger partial charge < -0.3 is 0 Å². The molecule has 4 bridgehead atoms. The second-order valence-corrected chi connectivity index (χ2v) is 7.94. The van der Waals surface area contributed by atoms with E-state index < -0.39 is 0 Å². The number of carbonyl (C=O) groups is 1. The van der Waals surface area contributed by atoms with Gasteiger partial charge in [-0.2, -0.15) is 0 Å². The molecule has 1 heteroatoms. The van der Waals surface area contributed by atoms with Crippen LogP contribution in [0.2, 0.25) is 0 Å². The van der Waals surface area contributed by atoms with Crippen molar-refractivity contribution in [3.05, 3.63) is 0 Å². The minimum absolute atomic E-state index is 0.00718. The quantitative estimate of drug-likeness (QED) is 0.672. The Morgan fingerprint density at radius 3 is 2.22 bits per heavy atom. The van der Waals surface area contributed by atoms with Gasteiger partial charge in [-0.15, -0.1) is 5.92 Å². The fourth-order valence-corrected chi connectivity index (χ4v) is 6.11. The summed E-state index contributed by atoms with van der Waals surface area (Å²) in [5.41, 5.74) is 0.861. The summed E-state index contributed by atoms with van der Waals surface area (Å²) in [4.78, 5) is 12.6.